The molecule has 0 bridgehead atoms. The van der Waals surface area contributed by atoms with E-state index in [1.54, 1.807) is 60.8 Å². The number of halogens is 2. The van der Waals surface area contributed by atoms with Gasteiger partial charge in [0.2, 0.25) is 5.82 Å². The van der Waals surface area contributed by atoms with Gasteiger partial charge in [0.05, 0.1) is 11.9 Å². The van der Waals surface area contributed by atoms with E-state index in [1.807, 2.05) is 7.85 Å². The lowest BCUT2D eigenvalue weighted by Crippen LogP contribution is -2.20. The van der Waals surface area contributed by atoms with Gasteiger partial charge >= 0.3 is 5.92 Å². The lowest BCUT2D eigenvalue weighted by molar-refractivity contribution is 0.0307. The van der Waals surface area contributed by atoms with Gasteiger partial charge in [0.25, 0.3) is 0 Å². The molecule has 5 aromatic rings. The highest BCUT2D eigenvalue weighted by Gasteiger charge is 2.40. The summed E-state index contributed by atoms with van der Waals surface area (Å²) >= 11 is 0. The molecule has 4 aromatic heterocycles. The minimum atomic E-state index is -3.44. The zero-order chi connectivity index (χ0) is 21.6. The first kappa shape index (κ1) is 19.0. The van der Waals surface area contributed by atoms with Crippen molar-refractivity contribution in [2.75, 3.05) is 0 Å². The Morgan fingerprint density at radius 1 is 0.968 bits per heavy atom. The number of aryl methyl sites for hydroxylation is 1. The second-order valence-corrected chi connectivity index (χ2v) is 7.15. The minimum absolute atomic E-state index is 0.223. The Morgan fingerprint density at radius 3 is 2.52 bits per heavy atom. The Hall–Kier alpha value is -4.02. The van der Waals surface area contributed by atoms with Crippen LogP contribution in [0.5, 0.6) is 0 Å². The molecular formula is C20H15BF2N8. The molecule has 11 heteroatoms. The van der Waals surface area contributed by atoms with Gasteiger partial charge in [0, 0.05) is 42.3 Å². The molecule has 0 aliphatic rings. The number of alkyl halides is 2. The van der Waals surface area contributed by atoms with Gasteiger partial charge in [-0.15, -0.1) is 10.2 Å². The van der Waals surface area contributed by atoms with Crippen LogP contribution in [0.4, 0.5) is 8.78 Å². The van der Waals surface area contributed by atoms with Gasteiger partial charge in [0.1, 0.15) is 7.85 Å². The van der Waals surface area contributed by atoms with E-state index in [9.17, 15) is 0 Å². The molecule has 0 atom stereocenters. The number of hydrogen-bond donors (Lipinski definition) is 0. The molecule has 0 aliphatic heterocycles. The molecule has 0 saturated heterocycles. The van der Waals surface area contributed by atoms with Crippen molar-refractivity contribution in [1.29, 1.82) is 0 Å². The number of benzene rings is 1. The highest BCUT2D eigenvalue weighted by atomic mass is 19.3. The van der Waals surface area contributed by atoms with Gasteiger partial charge < -0.3 is 0 Å². The fourth-order valence-corrected chi connectivity index (χ4v) is 3.22. The molecule has 0 saturated carbocycles. The molecule has 152 valence electrons. The van der Waals surface area contributed by atoms with E-state index in [2.05, 4.69) is 30.4 Å². The van der Waals surface area contributed by atoms with Crippen molar-refractivity contribution in [1.82, 2.24) is 39.6 Å². The van der Waals surface area contributed by atoms with Crippen molar-refractivity contribution >= 4 is 19.0 Å². The Morgan fingerprint density at radius 2 is 1.77 bits per heavy atom. The van der Waals surface area contributed by atoms with E-state index in [4.69, 9.17) is 0 Å². The van der Waals surface area contributed by atoms with Gasteiger partial charge in [-0.3, -0.25) is 4.68 Å². The van der Waals surface area contributed by atoms with Crippen LogP contribution < -0.4 is 5.46 Å². The average Bonchev–Trinajstić information content (AvgIpc) is 3.40. The second-order valence-electron chi connectivity index (χ2n) is 7.15. The van der Waals surface area contributed by atoms with Crippen molar-refractivity contribution < 1.29 is 8.78 Å². The SMILES string of the molecule is Bc1cnc(-c2cccc(C(F)(F)c3nnc4ccc(-c5cnn(C)c5)nn34)c2)nc1. The predicted octanol–water partition coefficient (Wildman–Crippen LogP) is 1.38. The predicted molar refractivity (Wildman–Crippen MR) is 112 cm³/mol. The summed E-state index contributed by atoms with van der Waals surface area (Å²) in [6, 6.07) is 9.21. The number of nitrogens with zero attached hydrogens (tertiary/aromatic N) is 8. The van der Waals surface area contributed by atoms with Crippen molar-refractivity contribution in [3.8, 4) is 22.6 Å². The molecule has 5 rings (SSSR count). The molecule has 0 unspecified atom stereocenters. The van der Waals surface area contributed by atoms with Crippen LogP contribution in [-0.4, -0.2) is 47.4 Å². The lowest BCUT2D eigenvalue weighted by Gasteiger charge is -2.15. The maximum absolute atomic E-state index is 15.5. The molecule has 0 fully saturated rings. The highest BCUT2D eigenvalue weighted by Crippen LogP contribution is 2.36. The van der Waals surface area contributed by atoms with Gasteiger partial charge in [0.15, 0.2) is 11.5 Å². The van der Waals surface area contributed by atoms with Crippen LogP contribution in [0.3, 0.4) is 0 Å². The van der Waals surface area contributed by atoms with Crippen LogP contribution in [0.25, 0.3) is 28.3 Å². The van der Waals surface area contributed by atoms with E-state index >= 15 is 8.78 Å². The van der Waals surface area contributed by atoms with Crippen LogP contribution in [-0.2, 0) is 13.0 Å². The summed E-state index contributed by atoms with van der Waals surface area (Å²) in [5.41, 5.74) is 2.52. The van der Waals surface area contributed by atoms with Crippen molar-refractivity contribution in [2.45, 2.75) is 5.92 Å². The first-order valence-electron chi connectivity index (χ1n) is 9.41. The van der Waals surface area contributed by atoms with Gasteiger partial charge in [-0.05, 0) is 18.2 Å². The number of fused-ring (bicyclic) bond motifs is 1. The summed E-state index contributed by atoms with van der Waals surface area (Å²) in [6.07, 6.45) is 6.65. The molecule has 0 N–H and O–H groups in total. The molecule has 8 nitrogen and oxygen atoms in total. The Bertz CT molecular complexity index is 1390. The summed E-state index contributed by atoms with van der Waals surface area (Å²) in [5.74, 6) is -3.65. The monoisotopic (exact) mass is 416 g/mol. The molecule has 0 aliphatic carbocycles. The normalized spacial score (nSPS) is 11.8. The smallest absolute Gasteiger partial charge is 0.275 e. The third-order valence-electron chi connectivity index (χ3n) is 4.81. The molecule has 1 aromatic carbocycles. The summed E-state index contributed by atoms with van der Waals surface area (Å²) in [7, 11) is 3.63. The zero-order valence-corrected chi connectivity index (χ0v) is 16.6. The maximum atomic E-state index is 15.5. The van der Waals surface area contributed by atoms with Crippen molar-refractivity contribution in [3.63, 3.8) is 0 Å². The second kappa shape index (κ2) is 7.04. The first-order chi connectivity index (χ1) is 14.9. The van der Waals surface area contributed by atoms with Crippen LogP contribution in [0.1, 0.15) is 11.4 Å². The fourth-order valence-electron chi connectivity index (χ4n) is 3.22. The molecule has 31 heavy (non-hydrogen) atoms. The Labute approximate surface area is 176 Å². The topological polar surface area (TPSA) is 86.7 Å². The summed E-state index contributed by atoms with van der Waals surface area (Å²) in [4.78, 5) is 8.44. The van der Waals surface area contributed by atoms with Crippen molar-refractivity contribution in [2.24, 2.45) is 7.05 Å². The van der Waals surface area contributed by atoms with Crippen molar-refractivity contribution in [3.05, 3.63) is 72.6 Å². The van der Waals surface area contributed by atoms with Gasteiger partial charge in [-0.25, -0.2) is 9.97 Å². The summed E-state index contributed by atoms with van der Waals surface area (Å²) in [5, 5.41) is 16.0. The molecular weight excluding hydrogens is 401 g/mol. The zero-order valence-electron chi connectivity index (χ0n) is 16.6. The van der Waals surface area contributed by atoms with Crippen LogP contribution in [0, 0.1) is 0 Å². The number of hydrogen-bond acceptors (Lipinski definition) is 6. The van der Waals surface area contributed by atoms with E-state index in [0.29, 0.717) is 22.6 Å². The molecule has 4 heterocycles. The van der Waals surface area contributed by atoms with E-state index in [-0.39, 0.29) is 11.2 Å². The number of aromatic nitrogens is 8. The Kier molecular flexibility index (Phi) is 4.31. The minimum Gasteiger partial charge on any atom is -0.275 e. The standard InChI is InChI=1S/C20H15BF2N8/c1-30-11-13(8-26-30)16-5-6-17-27-28-19(31(17)29-16)20(22,23)14-4-2-3-12(7-14)18-24-9-15(21)10-25-18/h2-11H,21H2,1H3. The highest BCUT2D eigenvalue weighted by molar-refractivity contribution is 6.31. The fraction of sp³-hybridized carbons (Fsp3) is 0.100. The van der Waals surface area contributed by atoms with Gasteiger partial charge in [-0.1, -0.05) is 23.7 Å². The summed E-state index contributed by atoms with van der Waals surface area (Å²) in [6.45, 7) is 0. The van der Waals surface area contributed by atoms with E-state index in [1.165, 1.54) is 12.1 Å². The summed E-state index contributed by atoms with van der Waals surface area (Å²) < 4.78 is 33.7. The largest absolute Gasteiger partial charge is 0.333 e. The van der Waals surface area contributed by atoms with E-state index in [0.717, 1.165) is 9.98 Å². The molecule has 0 amide bonds. The first-order valence-corrected chi connectivity index (χ1v) is 9.41. The molecule has 0 spiro atoms. The van der Waals surface area contributed by atoms with E-state index < -0.39 is 11.7 Å². The average molecular weight is 416 g/mol. The Balaban J connectivity index is 1.59. The van der Waals surface area contributed by atoms with Crippen LogP contribution in [0.2, 0.25) is 0 Å². The van der Waals surface area contributed by atoms with Crippen LogP contribution in [0.15, 0.2) is 61.2 Å². The number of rotatable bonds is 4. The van der Waals surface area contributed by atoms with Gasteiger partial charge in [-0.2, -0.15) is 23.5 Å². The molecule has 0 radical (unpaired) electrons. The lowest BCUT2D eigenvalue weighted by atomic mass is 10.0. The maximum Gasteiger partial charge on any atom is 0.333 e. The third kappa shape index (κ3) is 3.33. The van der Waals surface area contributed by atoms with Crippen LogP contribution >= 0.6 is 0 Å². The quantitative estimate of drug-likeness (QED) is 0.412. The third-order valence-corrected chi connectivity index (χ3v) is 4.81.